The minimum atomic E-state index is -0.575. The number of carbonyl (C=O) groups is 1. The summed E-state index contributed by atoms with van der Waals surface area (Å²) in [4.78, 5) is 11.7. The highest BCUT2D eigenvalue weighted by Crippen LogP contribution is 2.22. The summed E-state index contributed by atoms with van der Waals surface area (Å²) in [7, 11) is 0. The molecule has 0 rings (SSSR count). The molecule has 0 aromatic heterocycles. The van der Waals surface area contributed by atoms with Gasteiger partial charge in [-0.05, 0) is 53.4 Å². The molecule has 0 bridgehead atoms. The summed E-state index contributed by atoms with van der Waals surface area (Å²) in [6.07, 6.45) is 2.99. The van der Waals surface area contributed by atoms with E-state index in [1.165, 1.54) is 0 Å². The number of rotatable bonds is 8. The van der Waals surface area contributed by atoms with Crippen LogP contribution in [0, 0.1) is 0 Å². The van der Waals surface area contributed by atoms with Crippen LogP contribution in [0.25, 0.3) is 0 Å². The van der Waals surface area contributed by atoms with Crippen LogP contribution in [0.15, 0.2) is 0 Å². The van der Waals surface area contributed by atoms with Gasteiger partial charge < -0.3 is 9.47 Å². The second-order valence-corrected chi connectivity index (χ2v) is 7.14. The highest BCUT2D eigenvalue weighted by Gasteiger charge is 2.28. The maximum atomic E-state index is 11.7. The van der Waals surface area contributed by atoms with Crippen molar-refractivity contribution in [3.63, 3.8) is 0 Å². The molecule has 0 amide bonds. The van der Waals surface area contributed by atoms with E-state index >= 15 is 0 Å². The minimum absolute atomic E-state index is 0.476. The highest BCUT2D eigenvalue weighted by atomic mass is 79.9. The molecule has 0 aliphatic heterocycles. The molecule has 0 aliphatic carbocycles. The summed E-state index contributed by atoms with van der Waals surface area (Å²) in [5, 5.41) is 1.82. The quantitative estimate of drug-likeness (QED) is 0.432. The summed E-state index contributed by atoms with van der Waals surface area (Å²) < 4.78 is 10.7. The molecule has 18 heavy (non-hydrogen) atoms. The molecule has 3 nitrogen and oxygen atoms in total. The third-order valence-electron chi connectivity index (χ3n) is 2.54. The molecule has 0 aromatic carbocycles. The van der Waals surface area contributed by atoms with E-state index in [-0.39, 0.29) is 0 Å². The lowest BCUT2D eigenvalue weighted by Crippen LogP contribution is -2.34. The van der Waals surface area contributed by atoms with Crippen molar-refractivity contribution < 1.29 is 14.3 Å². The fraction of sp³-hybridized carbons (Fsp3) is 0.923. The molecule has 0 aliphatic rings. The van der Waals surface area contributed by atoms with E-state index in [0.717, 1.165) is 36.3 Å². The zero-order valence-corrected chi connectivity index (χ0v) is 14.9. The Labute approximate surface area is 127 Å². The largest absolute Gasteiger partial charge is 0.509 e. The average molecular weight is 388 g/mol. The molecule has 0 spiro atoms. The van der Waals surface area contributed by atoms with Gasteiger partial charge in [0.15, 0.2) is 0 Å². The van der Waals surface area contributed by atoms with Crippen LogP contribution in [-0.4, -0.2) is 28.0 Å². The maximum absolute atomic E-state index is 11.7. The van der Waals surface area contributed by atoms with Crippen LogP contribution in [0.1, 0.15) is 53.4 Å². The van der Waals surface area contributed by atoms with E-state index < -0.39 is 17.4 Å². The SMILES string of the molecule is CC(C)(CCCBr)OC(=O)OC(C)(C)CCCBr. The van der Waals surface area contributed by atoms with E-state index in [4.69, 9.17) is 9.47 Å². The number of hydrogen-bond donors (Lipinski definition) is 0. The number of halogens is 2. The highest BCUT2D eigenvalue weighted by molar-refractivity contribution is 9.09. The van der Waals surface area contributed by atoms with Crippen LogP contribution in [-0.2, 0) is 9.47 Å². The predicted molar refractivity (Wildman–Crippen MR) is 81.8 cm³/mol. The Hall–Kier alpha value is 0.230. The molecule has 0 fully saturated rings. The number of hydrogen-bond acceptors (Lipinski definition) is 3. The third-order valence-corrected chi connectivity index (χ3v) is 3.67. The van der Waals surface area contributed by atoms with Crippen molar-refractivity contribution in [2.45, 2.75) is 64.6 Å². The summed E-state index contributed by atoms with van der Waals surface area (Å²) >= 11 is 6.74. The zero-order chi connectivity index (χ0) is 14.2. The first-order valence-corrected chi connectivity index (χ1v) is 8.51. The van der Waals surface area contributed by atoms with Gasteiger partial charge in [-0.25, -0.2) is 4.79 Å². The summed E-state index contributed by atoms with van der Waals surface area (Å²) in [5.41, 5.74) is -0.952. The second-order valence-electron chi connectivity index (χ2n) is 5.56. The monoisotopic (exact) mass is 386 g/mol. The van der Waals surface area contributed by atoms with Gasteiger partial charge in [0.25, 0.3) is 0 Å². The Balaban J connectivity index is 4.16. The van der Waals surface area contributed by atoms with Crippen LogP contribution in [0.2, 0.25) is 0 Å². The van der Waals surface area contributed by atoms with Gasteiger partial charge in [-0.15, -0.1) is 0 Å². The second kappa shape index (κ2) is 8.41. The van der Waals surface area contributed by atoms with Gasteiger partial charge in [-0.1, -0.05) is 31.9 Å². The van der Waals surface area contributed by atoms with Gasteiger partial charge in [0.2, 0.25) is 0 Å². The lowest BCUT2D eigenvalue weighted by atomic mass is 10.0. The van der Waals surface area contributed by atoms with Gasteiger partial charge in [0, 0.05) is 10.7 Å². The lowest BCUT2D eigenvalue weighted by Gasteiger charge is -2.29. The molecule has 0 atom stereocenters. The van der Waals surface area contributed by atoms with Crippen molar-refractivity contribution in [1.29, 1.82) is 0 Å². The lowest BCUT2D eigenvalue weighted by molar-refractivity contribution is -0.0634. The fourth-order valence-electron chi connectivity index (χ4n) is 1.56. The van der Waals surface area contributed by atoms with Crippen molar-refractivity contribution in [1.82, 2.24) is 0 Å². The van der Waals surface area contributed by atoms with E-state index in [9.17, 15) is 4.79 Å². The summed E-state index contributed by atoms with van der Waals surface area (Å²) in [5.74, 6) is 0. The normalized spacial score (nSPS) is 12.3. The average Bonchev–Trinajstić information content (AvgIpc) is 2.22. The third kappa shape index (κ3) is 9.20. The van der Waals surface area contributed by atoms with E-state index in [2.05, 4.69) is 31.9 Å². The summed E-state index contributed by atoms with van der Waals surface area (Å²) in [6.45, 7) is 7.62. The molecule has 0 heterocycles. The van der Waals surface area contributed by atoms with Gasteiger partial charge in [0.1, 0.15) is 11.2 Å². The Kier molecular flexibility index (Phi) is 8.52. The standard InChI is InChI=1S/C13H24Br2O3/c1-12(2,7-5-9-14)17-11(16)18-13(3,4)8-6-10-15/h5-10H2,1-4H3. The number of alkyl halides is 2. The molecule has 0 aromatic rings. The van der Waals surface area contributed by atoms with E-state index in [1.54, 1.807) is 0 Å². The van der Waals surface area contributed by atoms with Crippen LogP contribution in [0.3, 0.4) is 0 Å². The zero-order valence-electron chi connectivity index (χ0n) is 11.7. The van der Waals surface area contributed by atoms with Crippen molar-refractivity contribution >= 4 is 38.0 Å². The first kappa shape index (κ1) is 18.2. The Bertz CT molecular complexity index is 229. The van der Waals surface area contributed by atoms with Crippen LogP contribution in [0.5, 0.6) is 0 Å². The number of carbonyl (C=O) groups excluding carboxylic acids is 1. The van der Waals surface area contributed by atoms with Crippen LogP contribution < -0.4 is 0 Å². The van der Waals surface area contributed by atoms with E-state index in [1.807, 2.05) is 27.7 Å². The van der Waals surface area contributed by atoms with Crippen molar-refractivity contribution in [3.05, 3.63) is 0 Å². The summed E-state index contributed by atoms with van der Waals surface area (Å²) in [6, 6.07) is 0. The maximum Gasteiger partial charge on any atom is 0.509 e. The Morgan fingerprint density at radius 1 is 0.889 bits per heavy atom. The topological polar surface area (TPSA) is 35.5 Å². The fourth-order valence-corrected chi connectivity index (χ4v) is 2.12. The van der Waals surface area contributed by atoms with Gasteiger partial charge in [0.05, 0.1) is 0 Å². The number of ether oxygens (including phenoxy) is 2. The molecular formula is C13H24Br2O3. The molecule has 5 heteroatoms. The van der Waals surface area contributed by atoms with Crippen LogP contribution in [0.4, 0.5) is 4.79 Å². The van der Waals surface area contributed by atoms with Gasteiger partial charge in [-0.2, -0.15) is 0 Å². The smallest absolute Gasteiger partial charge is 0.428 e. The molecule has 0 N–H and O–H groups in total. The van der Waals surface area contributed by atoms with Gasteiger partial charge in [-0.3, -0.25) is 0 Å². The molecule has 0 radical (unpaired) electrons. The first-order chi connectivity index (χ1) is 8.22. The molecule has 108 valence electrons. The molecule has 0 saturated carbocycles. The van der Waals surface area contributed by atoms with Crippen LogP contribution >= 0.6 is 31.9 Å². The molecule has 0 saturated heterocycles. The van der Waals surface area contributed by atoms with E-state index in [0.29, 0.717) is 0 Å². The van der Waals surface area contributed by atoms with Crippen molar-refractivity contribution in [2.24, 2.45) is 0 Å². The van der Waals surface area contributed by atoms with Crippen molar-refractivity contribution in [3.8, 4) is 0 Å². The van der Waals surface area contributed by atoms with Crippen molar-refractivity contribution in [2.75, 3.05) is 10.7 Å². The molecule has 0 unspecified atom stereocenters. The Morgan fingerprint density at radius 3 is 1.50 bits per heavy atom. The Morgan fingerprint density at radius 2 is 1.22 bits per heavy atom. The first-order valence-electron chi connectivity index (χ1n) is 6.26. The predicted octanol–water partition coefficient (Wildman–Crippen LogP) is 5.05. The minimum Gasteiger partial charge on any atom is -0.428 e. The van der Waals surface area contributed by atoms with Gasteiger partial charge >= 0.3 is 6.16 Å². The molecular weight excluding hydrogens is 364 g/mol.